The lowest BCUT2D eigenvalue weighted by Crippen LogP contribution is -1.96. The molecule has 0 aliphatic carbocycles. The molecule has 2 rings (SSSR count). The molecule has 0 aliphatic heterocycles. The summed E-state index contributed by atoms with van der Waals surface area (Å²) in [6, 6.07) is 3.68. The molecule has 0 bridgehead atoms. The molecule has 2 aromatic rings. The van der Waals surface area contributed by atoms with E-state index in [1.54, 1.807) is 6.20 Å². The summed E-state index contributed by atoms with van der Waals surface area (Å²) >= 11 is 0. The van der Waals surface area contributed by atoms with Gasteiger partial charge < -0.3 is 4.98 Å². The highest BCUT2D eigenvalue weighted by atomic mass is 19.1. The third-order valence-corrected chi connectivity index (χ3v) is 2.05. The van der Waals surface area contributed by atoms with Crippen LogP contribution in [0.15, 0.2) is 37.2 Å². The van der Waals surface area contributed by atoms with E-state index in [2.05, 4.69) is 16.5 Å². The lowest BCUT2D eigenvalue weighted by molar-refractivity contribution is 0.577. The maximum Gasteiger partial charge on any atom is 0.137 e. The Hall–Kier alpha value is -1.97. The zero-order chi connectivity index (χ0) is 10.8. The maximum atomic E-state index is 13.4. The van der Waals surface area contributed by atoms with E-state index in [0.717, 1.165) is 0 Å². The van der Waals surface area contributed by atoms with Gasteiger partial charge >= 0.3 is 0 Å². The molecule has 0 saturated carbocycles. The quantitative estimate of drug-likeness (QED) is 0.804. The van der Waals surface area contributed by atoms with Crippen LogP contribution < -0.4 is 0 Å². The van der Waals surface area contributed by atoms with Crippen molar-refractivity contribution in [1.29, 1.82) is 0 Å². The molecule has 1 N–H and O–H groups in total. The topological polar surface area (TPSA) is 28.7 Å². The fourth-order valence-electron chi connectivity index (χ4n) is 1.33. The fraction of sp³-hybridized carbons (Fsp3) is 0. The molecule has 4 heteroatoms. The molecule has 76 valence electrons. The average Bonchev–Trinajstić information content (AvgIpc) is 2.69. The number of benzene rings is 1. The summed E-state index contributed by atoms with van der Waals surface area (Å²) in [6.45, 7) is 3.62. The summed E-state index contributed by atoms with van der Waals surface area (Å²) in [6.07, 6.45) is 3.07. The van der Waals surface area contributed by atoms with Crippen molar-refractivity contribution < 1.29 is 8.78 Å². The third-order valence-electron chi connectivity index (χ3n) is 2.05. The number of imidazole rings is 1. The minimum absolute atomic E-state index is 0.146. The molecule has 15 heavy (non-hydrogen) atoms. The van der Waals surface area contributed by atoms with Crippen LogP contribution in [0.25, 0.3) is 5.57 Å². The van der Waals surface area contributed by atoms with Gasteiger partial charge in [-0.2, -0.15) is 0 Å². The SMILES string of the molecule is C=C(c1ncc[nH]1)c1c(F)cccc1F. The van der Waals surface area contributed by atoms with Crippen molar-refractivity contribution in [3.8, 4) is 0 Å². The monoisotopic (exact) mass is 206 g/mol. The van der Waals surface area contributed by atoms with Crippen molar-refractivity contribution in [2.75, 3.05) is 0 Å². The van der Waals surface area contributed by atoms with Gasteiger partial charge in [0.1, 0.15) is 17.5 Å². The summed E-state index contributed by atoms with van der Waals surface area (Å²) in [5.41, 5.74) is 0.0584. The van der Waals surface area contributed by atoms with Crippen LogP contribution >= 0.6 is 0 Å². The van der Waals surface area contributed by atoms with Crippen molar-refractivity contribution in [2.45, 2.75) is 0 Å². The van der Waals surface area contributed by atoms with Crippen LogP contribution in [0, 0.1) is 11.6 Å². The van der Waals surface area contributed by atoms with Gasteiger partial charge in [0.05, 0.1) is 5.56 Å². The van der Waals surface area contributed by atoms with Crippen molar-refractivity contribution >= 4 is 5.57 Å². The van der Waals surface area contributed by atoms with Gasteiger partial charge in [-0.15, -0.1) is 0 Å². The van der Waals surface area contributed by atoms with E-state index in [4.69, 9.17) is 0 Å². The zero-order valence-electron chi connectivity index (χ0n) is 7.80. The van der Waals surface area contributed by atoms with Crippen LogP contribution in [0.5, 0.6) is 0 Å². The summed E-state index contributed by atoms with van der Waals surface area (Å²) in [7, 11) is 0. The molecule has 0 atom stereocenters. The molecule has 1 aromatic heterocycles. The molecular formula is C11H8F2N2. The van der Waals surface area contributed by atoms with Crippen LogP contribution in [-0.4, -0.2) is 9.97 Å². The Balaban J connectivity index is 2.51. The lowest BCUT2D eigenvalue weighted by Gasteiger charge is -2.05. The first-order valence-corrected chi connectivity index (χ1v) is 4.33. The van der Waals surface area contributed by atoms with Gasteiger partial charge in [0.2, 0.25) is 0 Å². The number of rotatable bonds is 2. The van der Waals surface area contributed by atoms with E-state index in [1.807, 2.05) is 0 Å². The second-order valence-electron chi connectivity index (χ2n) is 3.01. The average molecular weight is 206 g/mol. The predicted octanol–water partition coefficient (Wildman–Crippen LogP) is 2.75. The van der Waals surface area contributed by atoms with Crippen molar-refractivity contribution in [3.05, 3.63) is 60.2 Å². The summed E-state index contributed by atoms with van der Waals surface area (Å²) in [4.78, 5) is 6.63. The minimum Gasteiger partial charge on any atom is -0.345 e. The smallest absolute Gasteiger partial charge is 0.137 e. The Labute approximate surface area is 85.3 Å². The fourth-order valence-corrected chi connectivity index (χ4v) is 1.33. The van der Waals surface area contributed by atoms with Crippen LogP contribution in [0.2, 0.25) is 0 Å². The van der Waals surface area contributed by atoms with Gasteiger partial charge in [0, 0.05) is 18.0 Å². The minimum atomic E-state index is -0.642. The molecule has 0 spiro atoms. The van der Waals surface area contributed by atoms with Crippen LogP contribution in [0.3, 0.4) is 0 Å². The van der Waals surface area contributed by atoms with E-state index in [1.165, 1.54) is 24.4 Å². The van der Waals surface area contributed by atoms with Gasteiger partial charge in [-0.05, 0) is 12.1 Å². The van der Waals surface area contributed by atoms with Crippen molar-refractivity contribution in [3.63, 3.8) is 0 Å². The van der Waals surface area contributed by atoms with Crippen molar-refractivity contribution in [2.24, 2.45) is 0 Å². The van der Waals surface area contributed by atoms with Crippen molar-refractivity contribution in [1.82, 2.24) is 9.97 Å². The van der Waals surface area contributed by atoms with Gasteiger partial charge in [-0.1, -0.05) is 12.6 Å². The van der Waals surface area contributed by atoms with Crippen LogP contribution in [-0.2, 0) is 0 Å². The highest BCUT2D eigenvalue weighted by Crippen LogP contribution is 2.23. The van der Waals surface area contributed by atoms with Crippen LogP contribution in [0.4, 0.5) is 8.78 Å². The molecule has 0 saturated heterocycles. The molecule has 0 fully saturated rings. The first kappa shape index (κ1) is 9.58. The van der Waals surface area contributed by atoms with Gasteiger partial charge in [0.25, 0.3) is 0 Å². The molecule has 1 heterocycles. The Kier molecular flexibility index (Phi) is 2.33. The Bertz CT molecular complexity index is 469. The summed E-state index contributed by atoms with van der Waals surface area (Å²) in [5.74, 6) is -0.924. The first-order valence-electron chi connectivity index (χ1n) is 4.33. The Morgan fingerprint density at radius 3 is 2.47 bits per heavy atom. The number of H-pyrrole nitrogens is 1. The number of hydrogen-bond donors (Lipinski definition) is 1. The predicted molar refractivity (Wildman–Crippen MR) is 53.1 cm³/mol. The van der Waals surface area contributed by atoms with Gasteiger partial charge in [-0.3, -0.25) is 0 Å². The Morgan fingerprint density at radius 1 is 1.27 bits per heavy atom. The standard InChI is InChI=1S/C11H8F2N2/c1-7(11-14-5-6-15-11)10-8(12)3-2-4-9(10)13/h2-6H,1H2,(H,14,15). The number of nitrogens with one attached hydrogen (secondary N) is 1. The molecular weight excluding hydrogens is 198 g/mol. The van der Waals surface area contributed by atoms with Gasteiger partial charge in [-0.25, -0.2) is 13.8 Å². The second-order valence-corrected chi connectivity index (χ2v) is 3.01. The third kappa shape index (κ3) is 1.66. The maximum absolute atomic E-state index is 13.4. The highest BCUT2D eigenvalue weighted by Gasteiger charge is 2.14. The number of hydrogen-bond acceptors (Lipinski definition) is 1. The summed E-state index contributed by atoms with van der Waals surface area (Å²) in [5, 5.41) is 0. The molecule has 0 aliphatic rings. The number of aromatic nitrogens is 2. The molecule has 2 nitrogen and oxygen atoms in total. The number of aromatic amines is 1. The summed E-state index contributed by atoms with van der Waals surface area (Å²) < 4.78 is 26.7. The van der Waals surface area contributed by atoms with Crippen LogP contribution in [0.1, 0.15) is 11.4 Å². The largest absolute Gasteiger partial charge is 0.345 e. The zero-order valence-corrected chi connectivity index (χ0v) is 7.80. The lowest BCUT2D eigenvalue weighted by atomic mass is 10.1. The van der Waals surface area contributed by atoms with Gasteiger partial charge in [0.15, 0.2) is 0 Å². The Morgan fingerprint density at radius 2 is 1.93 bits per heavy atom. The highest BCUT2D eigenvalue weighted by molar-refractivity contribution is 5.74. The molecule has 1 aromatic carbocycles. The van der Waals surface area contributed by atoms with E-state index in [0.29, 0.717) is 5.82 Å². The van der Waals surface area contributed by atoms with E-state index < -0.39 is 11.6 Å². The molecule has 0 radical (unpaired) electrons. The van der Waals surface area contributed by atoms with E-state index in [-0.39, 0.29) is 11.1 Å². The second kappa shape index (κ2) is 3.65. The number of halogens is 2. The molecule has 0 amide bonds. The van der Waals surface area contributed by atoms with E-state index in [9.17, 15) is 8.78 Å². The normalized spacial score (nSPS) is 10.3. The first-order chi connectivity index (χ1) is 7.20. The molecule has 0 unspecified atom stereocenters. The van der Waals surface area contributed by atoms with E-state index >= 15 is 0 Å². The number of nitrogens with zero attached hydrogens (tertiary/aromatic N) is 1.